The first-order chi connectivity index (χ1) is 72.7. The fourth-order valence-electron chi connectivity index (χ4n) is 23.5. The van der Waals surface area contributed by atoms with Crippen molar-refractivity contribution in [3.8, 4) is 164 Å². The Balaban J connectivity index is 0.000000110. The lowest BCUT2D eigenvalue weighted by Gasteiger charge is -2.21. The molecule has 0 atom stereocenters. The number of nitrogens with zero attached hydrogens (tertiary/aromatic N) is 11. The molecule has 0 saturated heterocycles. The third-order valence-corrected chi connectivity index (χ3v) is 30.7. The zero-order chi connectivity index (χ0) is 99.0. The maximum Gasteiger partial charge on any atom is 0.235 e. The third kappa shape index (κ3) is 14.7. The maximum atomic E-state index is 5.39. The first-order valence-corrected chi connectivity index (χ1v) is 50.8. The molecule has 0 bridgehead atoms. The van der Waals surface area contributed by atoms with Gasteiger partial charge in [0, 0.05) is 121 Å². The highest BCUT2D eigenvalue weighted by Gasteiger charge is 2.42. The van der Waals surface area contributed by atoms with Gasteiger partial charge in [-0.1, -0.05) is 466 Å². The molecule has 148 heavy (non-hydrogen) atoms. The van der Waals surface area contributed by atoms with Crippen LogP contribution in [0.3, 0.4) is 0 Å². The Morgan fingerprint density at radius 3 is 0.865 bits per heavy atom. The number of rotatable bonds is 13. The molecule has 0 fully saturated rings. The second-order valence-corrected chi connectivity index (χ2v) is 40.4. The van der Waals surface area contributed by atoms with Crippen LogP contribution in [-0.2, 0) is 16.2 Å². The van der Waals surface area contributed by atoms with E-state index in [1.807, 2.05) is 84.9 Å². The molecule has 0 unspecified atom stereocenters. The molecular formula is C137H97N11. The van der Waals surface area contributed by atoms with Crippen LogP contribution in [-0.4, -0.2) is 53.6 Å². The third-order valence-electron chi connectivity index (χ3n) is 30.7. The number of para-hydroxylation sites is 3. The normalized spacial score (nSPS) is 13.1. The van der Waals surface area contributed by atoms with Crippen molar-refractivity contribution in [1.82, 2.24) is 53.6 Å². The smallest absolute Gasteiger partial charge is 0.235 e. The van der Waals surface area contributed by atoms with Crippen molar-refractivity contribution >= 4 is 76.3 Å². The Morgan fingerprint density at radius 1 is 0.169 bits per heavy atom. The molecule has 6 aromatic heterocycles. The van der Waals surface area contributed by atoms with Gasteiger partial charge in [0.1, 0.15) is 0 Å². The summed E-state index contributed by atoms with van der Waals surface area (Å²) in [6.45, 7) is 14.0. The summed E-state index contributed by atoms with van der Waals surface area (Å²) >= 11 is 0. The van der Waals surface area contributed by atoms with Crippen LogP contribution in [0.5, 0.6) is 0 Å². The van der Waals surface area contributed by atoms with E-state index in [0.29, 0.717) is 40.9 Å². The van der Waals surface area contributed by atoms with Crippen molar-refractivity contribution in [3.63, 3.8) is 0 Å². The lowest BCUT2D eigenvalue weighted by atomic mass is 9.82. The monoisotopic (exact) mass is 1900 g/mol. The Labute approximate surface area is 858 Å². The van der Waals surface area contributed by atoms with Crippen molar-refractivity contribution < 1.29 is 0 Å². The standard InChI is InChI=1S/2C48H34N4.C41H29N3/c1-48(2)40-24-13-12-23-38(40)43-41(48)27-26-37-39-30-34(31-15-6-3-7-16-31)25-28-42(39)52(44(37)43)36-22-14-21-35(29-36)47-50-45(32-17-8-4-9-18-32)49-46(51-47)33-19-10-5-11-20-33;1-48(2)40-22-11-9-21-39(40)43-41(48)29-28-38-37-20-10-12-23-42(37)52(44(38)43)36-19-13-18-35(30-36)47-50-45(33-16-7-4-8-17-33)49-46(51-47)34-26-24-32(25-27-34)31-14-5-3-6-15-31;1-41(2)33-17-9-6-15-31(33)37-34(41)25-24-30-29-14-8-11-19-36(29)44(39(30)37)40-42-35-18-10-7-16-32(35)38(43-40)28-22-20-27(21-23-28)26-12-4-3-5-13-26/h2*3-30H,1-2H3;3-25H,1-2H3. The van der Waals surface area contributed by atoms with Gasteiger partial charge in [-0.2, -0.15) is 0 Å². The molecule has 0 spiro atoms. The van der Waals surface area contributed by atoms with E-state index in [1.165, 1.54) is 149 Å². The minimum absolute atomic E-state index is 0.0995. The van der Waals surface area contributed by atoms with Gasteiger partial charge in [0.2, 0.25) is 5.95 Å². The number of benzene rings is 20. The molecule has 20 aromatic carbocycles. The average Bonchev–Trinajstić information content (AvgIpc) is 1.54. The van der Waals surface area contributed by atoms with Crippen molar-refractivity contribution in [3.05, 3.63) is 513 Å². The first-order valence-electron chi connectivity index (χ1n) is 50.8. The van der Waals surface area contributed by atoms with Crippen molar-refractivity contribution in [2.45, 2.75) is 57.8 Å². The van der Waals surface area contributed by atoms with Crippen LogP contribution < -0.4 is 0 Å². The largest absolute Gasteiger partial charge is 0.309 e. The van der Waals surface area contributed by atoms with Crippen LogP contribution in [0, 0.1) is 0 Å². The molecule has 0 amide bonds. The Hall–Kier alpha value is -18.8. The van der Waals surface area contributed by atoms with Gasteiger partial charge in [-0.15, -0.1) is 0 Å². The topological polar surface area (TPSA) is 118 Å². The number of aromatic nitrogens is 11. The molecule has 6 heterocycles. The second kappa shape index (κ2) is 35.3. The molecule has 3 aliphatic rings. The number of fused-ring (bicyclic) bond motifs is 22. The van der Waals surface area contributed by atoms with E-state index in [1.54, 1.807) is 0 Å². The quantitative estimate of drug-likeness (QED) is 0.112. The average molecular weight is 1900 g/mol. The van der Waals surface area contributed by atoms with E-state index >= 15 is 0 Å². The molecule has 29 rings (SSSR count). The van der Waals surface area contributed by atoms with Gasteiger partial charge >= 0.3 is 0 Å². The van der Waals surface area contributed by atoms with Gasteiger partial charge in [0.05, 0.1) is 44.3 Å². The van der Waals surface area contributed by atoms with E-state index in [-0.39, 0.29) is 16.2 Å². The minimum Gasteiger partial charge on any atom is -0.309 e. The van der Waals surface area contributed by atoms with Crippen LogP contribution in [0.25, 0.3) is 240 Å². The Bertz CT molecular complexity index is 9720. The van der Waals surface area contributed by atoms with Gasteiger partial charge in [0.25, 0.3) is 0 Å². The molecule has 3 aliphatic carbocycles. The van der Waals surface area contributed by atoms with E-state index in [9.17, 15) is 0 Å². The summed E-state index contributed by atoms with van der Waals surface area (Å²) in [4.78, 5) is 40.9. The molecule has 0 aliphatic heterocycles. The van der Waals surface area contributed by atoms with Crippen LogP contribution in [0.15, 0.2) is 479 Å². The fourth-order valence-corrected chi connectivity index (χ4v) is 23.5. The first kappa shape index (κ1) is 88.1. The van der Waals surface area contributed by atoms with Gasteiger partial charge < -0.3 is 9.13 Å². The van der Waals surface area contributed by atoms with Crippen LogP contribution in [0.2, 0.25) is 0 Å². The van der Waals surface area contributed by atoms with E-state index in [0.717, 1.165) is 83.5 Å². The van der Waals surface area contributed by atoms with Gasteiger partial charge in [-0.25, -0.2) is 39.9 Å². The minimum atomic E-state index is -0.120. The van der Waals surface area contributed by atoms with E-state index in [2.05, 4.69) is 450 Å². The predicted octanol–water partition coefficient (Wildman–Crippen LogP) is 34.3. The van der Waals surface area contributed by atoms with Gasteiger partial charge in [0.15, 0.2) is 34.9 Å². The van der Waals surface area contributed by atoms with Gasteiger partial charge in [-0.3, -0.25) is 4.57 Å². The molecule has 11 nitrogen and oxygen atoms in total. The maximum absolute atomic E-state index is 5.39. The van der Waals surface area contributed by atoms with Crippen molar-refractivity contribution in [1.29, 1.82) is 0 Å². The van der Waals surface area contributed by atoms with E-state index < -0.39 is 0 Å². The van der Waals surface area contributed by atoms with Crippen LogP contribution in [0.1, 0.15) is 74.9 Å². The summed E-state index contributed by atoms with van der Waals surface area (Å²) in [7, 11) is 0. The Morgan fingerprint density at radius 2 is 0.453 bits per heavy atom. The van der Waals surface area contributed by atoms with Gasteiger partial charge in [-0.05, 0) is 138 Å². The molecule has 700 valence electrons. The van der Waals surface area contributed by atoms with Crippen LogP contribution >= 0.6 is 0 Å². The van der Waals surface area contributed by atoms with E-state index in [4.69, 9.17) is 39.9 Å². The summed E-state index contributed by atoms with van der Waals surface area (Å²) in [6.07, 6.45) is 0. The van der Waals surface area contributed by atoms with Crippen molar-refractivity contribution in [2.24, 2.45) is 0 Å². The summed E-state index contributed by atoms with van der Waals surface area (Å²) < 4.78 is 7.20. The van der Waals surface area contributed by atoms with Crippen LogP contribution in [0.4, 0.5) is 0 Å². The zero-order valence-corrected chi connectivity index (χ0v) is 82.5. The molecule has 0 radical (unpaired) electrons. The highest BCUT2D eigenvalue weighted by atomic mass is 15.2. The number of hydrogen-bond acceptors (Lipinski definition) is 8. The number of hydrogen-bond donors (Lipinski definition) is 0. The molecular weight excluding hydrogens is 1800 g/mol. The summed E-state index contributed by atoms with van der Waals surface area (Å²) in [6, 6.07) is 170. The zero-order valence-electron chi connectivity index (χ0n) is 82.5. The lowest BCUT2D eigenvalue weighted by Crippen LogP contribution is -2.14. The SMILES string of the molecule is CC1(C)c2ccccc2-c2c1ccc1c3cc(-c4ccccc4)ccc3n(-c3cccc(-c4nc(-c5ccccc5)nc(-c5ccccc5)n4)c3)c21.CC1(C)c2ccccc2-c2c1ccc1c3ccccc3n(-c3cccc(-c4nc(-c5ccccc5)nc(-c5ccc(-c6ccccc6)cc5)n4)c3)c21.CC1(C)c2ccccc2-c2c1ccc1c3ccccc3n(-c3nc(-c4ccc(-c5ccccc5)cc4)c4ccccc4n3)c21. The molecule has 26 aromatic rings. The highest BCUT2D eigenvalue weighted by Crippen LogP contribution is 2.58. The summed E-state index contributed by atoms with van der Waals surface area (Å²) in [5.41, 5.74) is 40.5. The lowest BCUT2D eigenvalue weighted by molar-refractivity contribution is 0.660. The second-order valence-electron chi connectivity index (χ2n) is 40.4. The summed E-state index contributed by atoms with van der Waals surface area (Å²) in [5, 5.41) is 8.42. The molecule has 0 saturated carbocycles. The predicted molar refractivity (Wildman–Crippen MR) is 609 cm³/mol. The molecule has 11 heteroatoms. The fraction of sp³-hybridized carbons (Fsp3) is 0.0657. The molecule has 0 N–H and O–H groups in total. The van der Waals surface area contributed by atoms with Crippen molar-refractivity contribution in [2.75, 3.05) is 0 Å². The Kier molecular flexibility index (Phi) is 21.0. The summed E-state index contributed by atoms with van der Waals surface area (Å²) in [5.74, 6) is 4.55. The highest BCUT2D eigenvalue weighted by molar-refractivity contribution is 6.19.